The molecule has 1 aliphatic heterocycles. The zero-order valence-corrected chi connectivity index (χ0v) is 18.8. The van der Waals surface area contributed by atoms with Crippen molar-refractivity contribution in [3.8, 4) is 0 Å². The van der Waals surface area contributed by atoms with Crippen LogP contribution in [0.25, 0.3) is 10.8 Å². The van der Waals surface area contributed by atoms with Gasteiger partial charge in [-0.3, -0.25) is 9.69 Å². The van der Waals surface area contributed by atoms with Gasteiger partial charge in [0.2, 0.25) is 5.91 Å². The first-order chi connectivity index (χ1) is 15.2. The average molecular weight is 430 g/mol. The number of nitrogens with zero attached hydrogens (tertiary/aromatic N) is 3. The highest BCUT2D eigenvalue weighted by molar-refractivity contribution is 8.15. The number of carbonyl (C=O) groups is 1. The molecule has 0 saturated carbocycles. The highest BCUT2D eigenvalue weighted by atomic mass is 32.2. The predicted octanol–water partition coefficient (Wildman–Crippen LogP) is 6.17. The Morgan fingerprint density at radius 3 is 2.65 bits per heavy atom. The molecule has 31 heavy (non-hydrogen) atoms. The molecular weight excluding hydrogens is 402 g/mol. The molecule has 4 rings (SSSR count). The van der Waals surface area contributed by atoms with Crippen LogP contribution in [0, 0.1) is 6.92 Å². The first-order valence-corrected chi connectivity index (χ1v) is 11.7. The third-order valence-electron chi connectivity index (χ3n) is 5.59. The van der Waals surface area contributed by atoms with Gasteiger partial charge in [-0.05, 0) is 35.2 Å². The van der Waals surface area contributed by atoms with E-state index in [2.05, 4.69) is 54.4 Å². The van der Waals surface area contributed by atoms with Crippen LogP contribution in [-0.2, 0) is 11.3 Å². The maximum Gasteiger partial charge on any atom is 0.242 e. The van der Waals surface area contributed by atoms with Gasteiger partial charge in [-0.2, -0.15) is 5.10 Å². The molecule has 0 N–H and O–H groups in total. The van der Waals surface area contributed by atoms with Crippen LogP contribution in [0.15, 0.2) is 76.9 Å². The number of thioether (sulfide) groups is 1. The Kier molecular flexibility index (Phi) is 6.82. The molecule has 3 aromatic carbocycles. The largest absolute Gasteiger partial charge is 0.284 e. The number of aryl methyl sites for hydroxylation is 1. The summed E-state index contributed by atoms with van der Waals surface area (Å²) in [4.78, 5) is 14.9. The average Bonchev–Trinajstić information content (AvgIpc) is 3.08. The molecule has 1 aliphatic rings. The lowest BCUT2D eigenvalue weighted by atomic mass is 10.1. The van der Waals surface area contributed by atoms with E-state index >= 15 is 0 Å². The summed E-state index contributed by atoms with van der Waals surface area (Å²) in [5.41, 5.74) is 3.33. The van der Waals surface area contributed by atoms with Crippen molar-refractivity contribution < 1.29 is 4.79 Å². The standard InChI is InChI=1S/C26H27N3OS/c1-3-4-16-24-25(30)29(18-22-12-6-5-10-19(22)2)26(31-24)28-27-17-21-14-9-13-20-11-7-8-15-23(20)21/h5-15,17,24H,3-4,16,18H2,1-2H3/b27-17-,28-26+/t24-/m1/s1. The van der Waals surface area contributed by atoms with Crippen molar-refractivity contribution in [1.29, 1.82) is 0 Å². The smallest absolute Gasteiger partial charge is 0.242 e. The molecule has 0 unspecified atom stereocenters. The molecule has 4 nitrogen and oxygen atoms in total. The van der Waals surface area contributed by atoms with Gasteiger partial charge in [-0.1, -0.05) is 98.3 Å². The molecule has 0 radical (unpaired) electrons. The van der Waals surface area contributed by atoms with Crippen molar-refractivity contribution in [2.75, 3.05) is 0 Å². The monoisotopic (exact) mass is 429 g/mol. The van der Waals surface area contributed by atoms with Crippen LogP contribution in [-0.4, -0.2) is 27.4 Å². The Bertz CT molecular complexity index is 1130. The lowest BCUT2D eigenvalue weighted by Gasteiger charge is -2.17. The fraction of sp³-hybridized carbons (Fsp3) is 0.269. The maximum atomic E-state index is 13.1. The second kappa shape index (κ2) is 9.92. The van der Waals surface area contributed by atoms with Crippen molar-refractivity contribution in [3.63, 3.8) is 0 Å². The molecule has 5 heteroatoms. The minimum Gasteiger partial charge on any atom is -0.284 e. The minimum atomic E-state index is -0.0736. The second-order valence-corrected chi connectivity index (χ2v) is 8.96. The van der Waals surface area contributed by atoms with Crippen LogP contribution in [0.2, 0.25) is 0 Å². The first kappa shape index (κ1) is 21.3. The fourth-order valence-electron chi connectivity index (χ4n) is 3.77. The molecule has 0 aromatic heterocycles. The molecule has 1 amide bonds. The van der Waals surface area contributed by atoms with Gasteiger partial charge in [-0.15, -0.1) is 5.10 Å². The van der Waals surface area contributed by atoms with Crippen molar-refractivity contribution in [3.05, 3.63) is 83.4 Å². The van der Waals surface area contributed by atoms with E-state index in [1.165, 1.54) is 10.9 Å². The molecule has 0 bridgehead atoms. The minimum absolute atomic E-state index is 0.0736. The van der Waals surface area contributed by atoms with Gasteiger partial charge in [0.1, 0.15) is 0 Å². The third-order valence-corrected chi connectivity index (χ3v) is 6.83. The normalized spacial score (nSPS) is 18.0. The van der Waals surface area contributed by atoms with E-state index in [9.17, 15) is 4.79 Å². The number of amides is 1. The zero-order valence-electron chi connectivity index (χ0n) is 18.0. The Labute approximate surface area is 188 Å². The van der Waals surface area contributed by atoms with E-state index in [1.54, 1.807) is 22.9 Å². The molecule has 0 aliphatic carbocycles. The van der Waals surface area contributed by atoms with E-state index < -0.39 is 0 Å². The number of amidine groups is 1. The summed E-state index contributed by atoms with van der Waals surface area (Å²) in [6.45, 7) is 4.76. The van der Waals surface area contributed by atoms with E-state index in [-0.39, 0.29) is 11.2 Å². The molecule has 1 atom stereocenters. The Morgan fingerprint density at radius 1 is 1.03 bits per heavy atom. The number of rotatable bonds is 7. The summed E-state index contributed by atoms with van der Waals surface area (Å²) in [7, 11) is 0. The molecule has 1 heterocycles. The molecule has 3 aromatic rings. The van der Waals surface area contributed by atoms with Crippen LogP contribution < -0.4 is 0 Å². The summed E-state index contributed by atoms with van der Waals surface area (Å²) < 4.78 is 0. The zero-order chi connectivity index (χ0) is 21.6. The van der Waals surface area contributed by atoms with E-state index in [0.717, 1.165) is 35.8 Å². The topological polar surface area (TPSA) is 45.0 Å². The molecule has 1 saturated heterocycles. The van der Waals surface area contributed by atoms with Crippen LogP contribution in [0.1, 0.15) is 42.9 Å². The summed E-state index contributed by atoms with van der Waals surface area (Å²) in [6, 6.07) is 22.6. The van der Waals surface area contributed by atoms with Gasteiger partial charge >= 0.3 is 0 Å². The van der Waals surface area contributed by atoms with Gasteiger partial charge in [-0.25, -0.2) is 0 Å². The molecular formula is C26H27N3OS. The molecule has 1 fully saturated rings. The number of benzene rings is 3. The number of unbranched alkanes of at least 4 members (excludes halogenated alkanes) is 1. The molecule has 158 valence electrons. The summed E-state index contributed by atoms with van der Waals surface area (Å²) in [5.74, 6) is 0.140. The van der Waals surface area contributed by atoms with Crippen LogP contribution in [0.3, 0.4) is 0 Å². The number of carbonyl (C=O) groups excluding carboxylic acids is 1. The van der Waals surface area contributed by atoms with Gasteiger partial charge < -0.3 is 0 Å². The van der Waals surface area contributed by atoms with Crippen molar-refractivity contribution in [2.24, 2.45) is 10.2 Å². The predicted molar refractivity (Wildman–Crippen MR) is 132 cm³/mol. The number of hydrogen-bond donors (Lipinski definition) is 0. The van der Waals surface area contributed by atoms with Gasteiger partial charge in [0.05, 0.1) is 18.0 Å². The Morgan fingerprint density at radius 2 is 1.81 bits per heavy atom. The van der Waals surface area contributed by atoms with Gasteiger partial charge in [0, 0.05) is 5.56 Å². The van der Waals surface area contributed by atoms with Crippen LogP contribution >= 0.6 is 11.8 Å². The Hall–Kier alpha value is -2.92. The van der Waals surface area contributed by atoms with Crippen molar-refractivity contribution >= 4 is 39.8 Å². The van der Waals surface area contributed by atoms with Crippen molar-refractivity contribution in [2.45, 2.75) is 44.9 Å². The van der Waals surface area contributed by atoms with E-state index in [4.69, 9.17) is 0 Å². The van der Waals surface area contributed by atoms with Gasteiger partial charge in [0.25, 0.3) is 0 Å². The Balaban J connectivity index is 1.61. The lowest BCUT2D eigenvalue weighted by Crippen LogP contribution is -2.31. The van der Waals surface area contributed by atoms with Crippen LogP contribution in [0.4, 0.5) is 0 Å². The van der Waals surface area contributed by atoms with Crippen LogP contribution in [0.5, 0.6) is 0 Å². The number of hydrogen-bond acceptors (Lipinski definition) is 4. The highest BCUT2D eigenvalue weighted by Crippen LogP contribution is 2.32. The first-order valence-electron chi connectivity index (χ1n) is 10.8. The van der Waals surface area contributed by atoms with Crippen molar-refractivity contribution in [1.82, 2.24) is 4.90 Å². The van der Waals surface area contributed by atoms with Gasteiger partial charge in [0.15, 0.2) is 5.17 Å². The lowest BCUT2D eigenvalue weighted by molar-refractivity contribution is -0.126. The SMILES string of the molecule is CCCC[C@H]1S/C(=N/N=C\c2cccc3ccccc23)N(Cc2ccccc2C)C1=O. The van der Waals surface area contributed by atoms with E-state index in [0.29, 0.717) is 11.7 Å². The van der Waals surface area contributed by atoms with E-state index in [1.807, 2.05) is 36.4 Å². The fourth-order valence-corrected chi connectivity index (χ4v) is 4.91. The summed E-state index contributed by atoms with van der Waals surface area (Å²) in [5, 5.41) is 11.8. The quantitative estimate of drug-likeness (QED) is 0.333. The summed E-state index contributed by atoms with van der Waals surface area (Å²) >= 11 is 1.54. The molecule has 0 spiro atoms. The number of fused-ring (bicyclic) bond motifs is 1. The second-order valence-electron chi connectivity index (χ2n) is 7.80. The highest BCUT2D eigenvalue weighted by Gasteiger charge is 2.37. The third kappa shape index (κ3) is 4.88. The summed E-state index contributed by atoms with van der Waals surface area (Å²) in [6.07, 6.45) is 4.77. The maximum absolute atomic E-state index is 13.1.